The molecule has 0 spiro atoms. The van der Waals surface area contributed by atoms with Gasteiger partial charge in [-0.1, -0.05) is 6.92 Å². The van der Waals surface area contributed by atoms with E-state index in [1.807, 2.05) is 18.7 Å². The highest BCUT2D eigenvalue weighted by Gasteiger charge is 2.38. The van der Waals surface area contributed by atoms with E-state index in [-0.39, 0.29) is 6.10 Å². The average Bonchev–Trinajstić information content (AvgIpc) is 2.73. The molecule has 1 N–H and O–H groups in total. The number of aliphatic hydroxyl groups excluding tert-OH is 1. The number of aliphatic hydroxyl groups is 1. The molecule has 1 aromatic rings. The van der Waals surface area contributed by atoms with Crippen LogP contribution >= 0.6 is 0 Å². The lowest BCUT2D eigenvalue weighted by molar-refractivity contribution is 0.144. The van der Waals surface area contributed by atoms with Gasteiger partial charge in [-0.2, -0.15) is 5.10 Å². The normalized spacial score (nSPS) is 27.7. The molecule has 1 fully saturated rings. The molecule has 0 aliphatic heterocycles. The van der Waals surface area contributed by atoms with E-state index in [9.17, 15) is 5.11 Å². The Morgan fingerprint density at radius 3 is 2.79 bits per heavy atom. The smallest absolute Gasteiger partial charge is 0.0626 e. The lowest BCUT2D eigenvalue weighted by atomic mass is 10.1. The van der Waals surface area contributed by atoms with Crippen molar-refractivity contribution in [1.29, 1.82) is 0 Å². The molecule has 2 rings (SSSR count). The highest BCUT2D eigenvalue weighted by Crippen LogP contribution is 2.41. The van der Waals surface area contributed by atoms with Gasteiger partial charge in [0.05, 0.1) is 11.8 Å². The van der Waals surface area contributed by atoms with Gasteiger partial charge in [0.2, 0.25) is 0 Å². The molecule has 0 bridgehead atoms. The Hall–Kier alpha value is -0.830. The third-order valence-corrected chi connectivity index (χ3v) is 3.18. The van der Waals surface area contributed by atoms with Gasteiger partial charge in [0, 0.05) is 19.2 Å². The van der Waals surface area contributed by atoms with E-state index >= 15 is 0 Å². The molecular formula is C11H18N2O. The summed E-state index contributed by atoms with van der Waals surface area (Å²) in [7, 11) is 1.94. The molecular weight excluding hydrogens is 176 g/mol. The van der Waals surface area contributed by atoms with Gasteiger partial charge in [0.1, 0.15) is 0 Å². The Morgan fingerprint density at radius 1 is 1.71 bits per heavy atom. The van der Waals surface area contributed by atoms with Gasteiger partial charge in [-0.25, -0.2) is 0 Å². The van der Waals surface area contributed by atoms with E-state index < -0.39 is 0 Å². The highest BCUT2D eigenvalue weighted by molar-refractivity contribution is 5.10. The molecule has 1 aliphatic rings. The first kappa shape index (κ1) is 9.71. The lowest BCUT2D eigenvalue weighted by Crippen LogP contribution is -2.16. The SMILES string of the molecule is Cc1cc(CC(O)C2CC2C)n(C)n1. The van der Waals surface area contributed by atoms with Crippen molar-refractivity contribution in [2.75, 3.05) is 0 Å². The summed E-state index contributed by atoms with van der Waals surface area (Å²) in [4.78, 5) is 0. The Balaban J connectivity index is 2.00. The van der Waals surface area contributed by atoms with Crippen molar-refractivity contribution >= 4 is 0 Å². The van der Waals surface area contributed by atoms with Crippen molar-refractivity contribution in [2.24, 2.45) is 18.9 Å². The second kappa shape index (κ2) is 3.39. The molecule has 14 heavy (non-hydrogen) atoms. The third-order valence-electron chi connectivity index (χ3n) is 3.18. The minimum Gasteiger partial charge on any atom is -0.392 e. The number of aromatic nitrogens is 2. The highest BCUT2D eigenvalue weighted by atomic mass is 16.3. The standard InChI is InChI=1S/C11H18N2O/c1-7-4-10(7)11(14)6-9-5-8(2)12-13(9)3/h5,7,10-11,14H,4,6H2,1-3H3. The van der Waals surface area contributed by atoms with Crippen LogP contribution in [0.15, 0.2) is 6.07 Å². The first-order chi connectivity index (χ1) is 6.58. The van der Waals surface area contributed by atoms with E-state index in [4.69, 9.17) is 0 Å². The Labute approximate surface area is 84.7 Å². The number of nitrogens with zero attached hydrogens (tertiary/aromatic N) is 2. The largest absolute Gasteiger partial charge is 0.392 e. The predicted octanol–water partition coefficient (Wildman–Crippen LogP) is 1.29. The summed E-state index contributed by atoms with van der Waals surface area (Å²) in [6.45, 7) is 4.18. The minimum atomic E-state index is -0.181. The molecule has 1 saturated carbocycles. The zero-order chi connectivity index (χ0) is 10.3. The van der Waals surface area contributed by atoms with Crippen molar-refractivity contribution in [2.45, 2.75) is 32.8 Å². The zero-order valence-electron chi connectivity index (χ0n) is 9.07. The fraction of sp³-hybridized carbons (Fsp3) is 0.727. The van der Waals surface area contributed by atoms with Gasteiger partial charge in [0.25, 0.3) is 0 Å². The van der Waals surface area contributed by atoms with E-state index in [2.05, 4.69) is 18.1 Å². The Kier molecular flexibility index (Phi) is 2.35. The third kappa shape index (κ3) is 1.82. The molecule has 3 unspecified atom stereocenters. The van der Waals surface area contributed by atoms with Gasteiger partial charge in [0.15, 0.2) is 0 Å². The fourth-order valence-corrected chi connectivity index (χ4v) is 2.11. The molecule has 1 aromatic heterocycles. The molecule has 0 aromatic carbocycles. The van der Waals surface area contributed by atoms with Crippen LogP contribution in [0.5, 0.6) is 0 Å². The summed E-state index contributed by atoms with van der Waals surface area (Å²) in [5.74, 6) is 1.23. The number of hydrogen-bond acceptors (Lipinski definition) is 2. The van der Waals surface area contributed by atoms with Crippen molar-refractivity contribution in [3.63, 3.8) is 0 Å². The fourth-order valence-electron chi connectivity index (χ4n) is 2.11. The minimum absolute atomic E-state index is 0.181. The maximum absolute atomic E-state index is 9.91. The van der Waals surface area contributed by atoms with Gasteiger partial charge in [-0.05, 0) is 31.2 Å². The maximum atomic E-state index is 9.91. The number of hydrogen-bond donors (Lipinski definition) is 1. The monoisotopic (exact) mass is 194 g/mol. The predicted molar refractivity (Wildman–Crippen MR) is 54.9 cm³/mol. The van der Waals surface area contributed by atoms with E-state index in [0.717, 1.165) is 17.8 Å². The van der Waals surface area contributed by atoms with Crippen molar-refractivity contribution in [3.8, 4) is 0 Å². The lowest BCUT2D eigenvalue weighted by Gasteiger charge is -2.09. The summed E-state index contributed by atoms with van der Waals surface area (Å²) in [6.07, 6.45) is 1.74. The molecule has 3 heteroatoms. The first-order valence-electron chi connectivity index (χ1n) is 5.25. The molecule has 1 aliphatic carbocycles. The number of rotatable bonds is 3. The Morgan fingerprint density at radius 2 is 2.36 bits per heavy atom. The number of aryl methyl sites for hydroxylation is 2. The Bertz CT molecular complexity index is 332. The van der Waals surface area contributed by atoms with E-state index in [1.165, 1.54) is 6.42 Å². The molecule has 3 nitrogen and oxygen atoms in total. The van der Waals surface area contributed by atoms with Crippen LogP contribution in [-0.4, -0.2) is 21.0 Å². The zero-order valence-corrected chi connectivity index (χ0v) is 9.07. The molecule has 3 atom stereocenters. The first-order valence-corrected chi connectivity index (χ1v) is 5.25. The quantitative estimate of drug-likeness (QED) is 0.787. The molecule has 0 amide bonds. The van der Waals surface area contributed by atoms with Crippen LogP contribution in [0.2, 0.25) is 0 Å². The van der Waals surface area contributed by atoms with Crippen LogP contribution < -0.4 is 0 Å². The van der Waals surface area contributed by atoms with E-state index in [1.54, 1.807) is 0 Å². The average molecular weight is 194 g/mol. The van der Waals surface area contributed by atoms with Crippen molar-refractivity contribution in [1.82, 2.24) is 9.78 Å². The summed E-state index contributed by atoms with van der Waals surface area (Å²) < 4.78 is 1.87. The van der Waals surface area contributed by atoms with E-state index in [0.29, 0.717) is 11.8 Å². The molecule has 1 heterocycles. The van der Waals surface area contributed by atoms with Gasteiger partial charge in [-0.15, -0.1) is 0 Å². The summed E-state index contributed by atoms with van der Waals surface area (Å²) in [5.41, 5.74) is 2.16. The van der Waals surface area contributed by atoms with Gasteiger partial charge >= 0.3 is 0 Å². The van der Waals surface area contributed by atoms with Crippen LogP contribution in [-0.2, 0) is 13.5 Å². The molecule has 0 radical (unpaired) electrons. The molecule has 78 valence electrons. The van der Waals surface area contributed by atoms with Crippen molar-refractivity contribution in [3.05, 3.63) is 17.5 Å². The topological polar surface area (TPSA) is 38.0 Å². The van der Waals surface area contributed by atoms with Crippen LogP contribution in [0.3, 0.4) is 0 Å². The summed E-state index contributed by atoms with van der Waals surface area (Å²) >= 11 is 0. The summed E-state index contributed by atoms with van der Waals surface area (Å²) in [5, 5.41) is 14.2. The second-order valence-electron chi connectivity index (χ2n) is 4.55. The van der Waals surface area contributed by atoms with Crippen LogP contribution in [0.1, 0.15) is 24.7 Å². The maximum Gasteiger partial charge on any atom is 0.0626 e. The molecule has 0 saturated heterocycles. The summed E-state index contributed by atoms with van der Waals surface area (Å²) in [6, 6.07) is 2.05. The van der Waals surface area contributed by atoms with Gasteiger partial charge in [-0.3, -0.25) is 4.68 Å². The second-order valence-corrected chi connectivity index (χ2v) is 4.55. The van der Waals surface area contributed by atoms with Gasteiger partial charge < -0.3 is 5.11 Å². The van der Waals surface area contributed by atoms with Crippen LogP contribution in [0.25, 0.3) is 0 Å². The van der Waals surface area contributed by atoms with Crippen LogP contribution in [0.4, 0.5) is 0 Å². The van der Waals surface area contributed by atoms with Crippen LogP contribution in [0, 0.1) is 18.8 Å². The van der Waals surface area contributed by atoms with Crippen molar-refractivity contribution < 1.29 is 5.11 Å².